The van der Waals surface area contributed by atoms with Crippen LogP contribution in [0.4, 0.5) is 11.6 Å². The number of hydrogen-bond acceptors (Lipinski definition) is 5. The van der Waals surface area contributed by atoms with Crippen LogP contribution in [-0.4, -0.2) is 15.7 Å². The fourth-order valence-corrected chi connectivity index (χ4v) is 2.07. The normalized spacial score (nSPS) is 9.87. The molecular formula is C18H13N5. The molecular weight excluding hydrogens is 286 g/mol. The highest BCUT2D eigenvalue weighted by atomic mass is 15.1. The molecule has 0 unspecified atom stereocenters. The monoisotopic (exact) mass is 299 g/mol. The quantitative estimate of drug-likeness (QED) is 0.722. The van der Waals surface area contributed by atoms with Crippen molar-refractivity contribution in [3.63, 3.8) is 0 Å². The van der Waals surface area contributed by atoms with Crippen molar-refractivity contribution in [1.29, 1.82) is 10.7 Å². The minimum absolute atomic E-state index is 0.343. The molecule has 5 nitrogen and oxygen atoms in total. The largest absolute Gasteiger partial charge is 0.324 e. The molecule has 3 aromatic rings. The second-order valence-corrected chi connectivity index (χ2v) is 4.82. The van der Waals surface area contributed by atoms with E-state index in [4.69, 9.17) is 10.7 Å². The molecule has 2 N–H and O–H groups in total. The average Bonchev–Trinajstić information content (AvgIpc) is 2.63. The first-order valence-electron chi connectivity index (χ1n) is 7.01. The molecule has 2 aromatic carbocycles. The van der Waals surface area contributed by atoms with Crippen molar-refractivity contribution in [3.8, 4) is 6.07 Å². The van der Waals surface area contributed by atoms with Crippen molar-refractivity contribution in [1.82, 2.24) is 9.97 Å². The van der Waals surface area contributed by atoms with Crippen molar-refractivity contribution in [3.05, 3.63) is 83.7 Å². The number of anilines is 2. The van der Waals surface area contributed by atoms with Gasteiger partial charge in [0.2, 0.25) is 5.95 Å². The summed E-state index contributed by atoms with van der Waals surface area (Å²) < 4.78 is 0. The standard InChI is InChI=1S/C18H13N5/c19-12-13-6-8-15(9-7-13)22-18-21-11-10-16(23-18)17(20)14-4-2-1-3-5-14/h1-11,20H,(H,21,22,23). The Kier molecular flexibility index (Phi) is 4.07. The van der Waals surface area contributed by atoms with Crippen molar-refractivity contribution in [2.24, 2.45) is 0 Å². The average molecular weight is 299 g/mol. The van der Waals surface area contributed by atoms with Gasteiger partial charge in [-0.15, -0.1) is 0 Å². The summed E-state index contributed by atoms with van der Waals surface area (Å²) in [6, 6.07) is 20.2. The van der Waals surface area contributed by atoms with Gasteiger partial charge in [-0.25, -0.2) is 9.97 Å². The highest BCUT2D eigenvalue weighted by molar-refractivity contribution is 6.09. The minimum atomic E-state index is 0.343. The van der Waals surface area contributed by atoms with Gasteiger partial charge in [0.1, 0.15) is 0 Å². The second kappa shape index (κ2) is 6.50. The first-order chi connectivity index (χ1) is 11.3. The zero-order chi connectivity index (χ0) is 16.1. The lowest BCUT2D eigenvalue weighted by Gasteiger charge is -2.07. The predicted octanol–water partition coefficient (Wildman–Crippen LogP) is 3.51. The lowest BCUT2D eigenvalue weighted by molar-refractivity contribution is 1.14. The fourth-order valence-electron chi connectivity index (χ4n) is 2.07. The molecule has 0 aliphatic carbocycles. The Morgan fingerprint density at radius 1 is 1.00 bits per heavy atom. The van der Waals surface area contributed by atoms with Crippen LogP contribution in [0.15, 0.2) is 66.9 Å². The van der Waals surface area contributed by atoms with E-state index in [1.807, 2.05) is 30.3 Å². The third-order valence-electron chi connectivity index (χ3n) is 3.24. The van der Waals surface area contributed by atoms with Gasteiger partial charge in [0.15, 0.2) is 0 Å². The first-order valence-corrected chi connectivity index (χ1v) is 7.01. The molecule has 1 heterocycles. The summed E-state index contributed by atoms with van der Waals surface area (Å²) in [5.41, 5.74) is 3.07. The molecule has 3 rings (SSSR count). The second-order valence-electron chi connectivity index (χ2n) is 4.82. The van der Waals surface area contributed by atoms with Crippen molar-refractivity contribution in [2.75, 3.05) is 5.32 Å². The van der Waals surface area contributed by atoms with E-state index < -0.39 is 0 Å². The van der Waals surface area contributed by atoms with Crippen molar-refractivity contribution in [2.45, 2.75) is 0 Å². The molecule has 110 valence electrons. The third kappa shape index (κ3) is 3.39. The van der Waals surface area contributed by atoms with E-state index in [1.165, 1.54) is 0 Å². The van der Waals surface area contributed by atoms with Crippen molar-refractivity contribution >= 4 is 17.3 Å². The lowest BCUT2D eigenvalue weighted by atomic mass is 10.1. The van der Waals surface area contributed by atoms with E-state index in [1.54, 1.807) is 36.5 Å². The topological polar surface area (TPSA) is 85.5 Å². The van der Waals surface area contributed by atoms with E-state index in [2.05, 4.69) is 21.4 Å². The Morgan fingerprint density at radius 3 is 2.43 bits per heavy atom. The summed E-state index contributed by atoms with van der Waals surface area (Å²) >= 11 is 0. The summed E-state index contributed by atoms with van der Waals surface area (Å²) in [6.45, 7) is 0. The minimum Gasteiger partial charge on any atom is -0.324 e. The Morgan fingerprint density at radius 2 is 1.74 bits per heavy atom. The van der Waals surface area contributed by atoms with Gasteiger partial charge in [-0.3, -0.25) is 5.41 Å². The van der Waals surface area contributed by atoms with Gasteiger partial charge in [0, 0.05) is 17.4 Å². The van der Waals surface area contributed by atoms with Gasteiger partial charge >= 0.3 is 0 Å². The number of nitrogens with one attached hydrogen (secondary N) is 2. The summed E-state index contributed by atoms with van der Waals surface area (Å²) in [6.07, 6.45) is 1.62. The molecule has 0 saturated carbocycles. The van der Waals surface area contributed by atoms with Crippen LogP contribution in [0.25, 0.3) is 0 Å². The van der Waals surface area contributed by atoms with E-state index in [0.717, 1.165) is 11.3 Å². The van der Waals surface area contributed by atoms with Gasteiger partial charge in [0.25, 0.3) is 0 Å². The molecule has 0 saturated heterocycles. The van der Waals surface area contributed by atoms with Crippen LogP contribution in [0.3, 0.4) is 0 Å². The summed E-state index contributed by atoms with van der Waals surface area (Å²) in [5, 5.41) is 20.1. The van der Waals surface area contributed by atoms with Crippen LogP contribution in [0.5, 0.6) is 0 Å². The lowest BCUT2D eigenvalue weighted by Crippen LogP contribution is -2.07. The summed E-state index contributed by atoms with van der Waals surface area (Å²) in [4.78, 5) is 8.54. The maximum Gasteiger partial charge on any atom is 0.227 e. The molecule has 5 heteroatoms. The number of hydrogen-bond donors (Lipinski definition) is 2. The number of aromatic nitrogens is 2. The van der Waals surface area contributed by atoms with Gasteiger partial charge in [-0.1, -0.05) is 30.3 Å². The van der Waals surface area contributed by atoms with Crippen LogP contribution in [0.2, 0.25) is 0 Å². The number of nitrogens with zero attached hydrogens (tertiary/aromatic N) is 3. The van der Waals surface area contributed by atoms with Crippen LogP contribution in [0.1, 0.15) is 16.8 Å². The maximum absolute atomic E-state index is 8.81. The van der Waals surface area contributed by atoms with Crippen molar-refractivity contribution < 1.29 is 0 Å². The van der Waals surface area contributed by atoms with E-state index in [-0.39, 0.29) is 0 Å². The molecule has 0 spiro atoms. The molecule has 0 atom stereocenters. The van der Waals surface area contributed by atoms with Gasteiger partial charge in [-0.2, -0.15) is 5.26 Å². The molecule has 0 aliphatic rings. The number of nitriles is 1. The van der Waals surface area contributed by atoms with Crippen LogP contribution in [0, 0.1) is 16.7 Å². The molecule has 0 radical (unpaired) electrons. The Balaban J connectivity index is 1.82. The Bertz CT molecular complexity index is 864. The zero-order valence-corrected chi connectivity index (χ0v) is 12.2. The fraction of sp³-hybridized carbons (Fsp3) is 0. The predicted molar refractivity (Wildman–Crippen MR) is 88.8 cm³/mol. The van der Waals surface area contributed by atoms with Crippen LogP contribution >= 0.6 is 0 Å². The summed E-state index contributed by atoms with van der Waals surface area (Å²) in [7, 11) is 0. The van der Waals surface area contributed by atoms with Gasteiger partial charge < -0.3 is 5.32 Å². The molecule has 23 heavy (non-hydrogen) atoms. The Labute approximate surface area is 133 Å². The smallest absolute Gasteiger partial charge is 0.227 e. The third-order valence-corrected chi connectivity index (χ3v) is 3.24. The van der Waals surface area contributed by atoms with E-state index in [0.29, 0.717) is 22.9 Å². The molecule has 0 aliphatic heterocycles. The van der Waals surface area contributed by atoms with Crippen LogP contribution in [-0.2, 0) is 0 Å². The SMILES string of the molecule is N#Cc1ccc(Nc2nccc(C(=N)c3ccccc3)n2)cc1. The highest BCUT2D eigenvalue weighted by Gasteiger charge is 2.07. The van der Waals surface area contributed by atoms with Crippen LogP contribution < -0.4 is 5.32 Å². The van der Waals surface area contributed by atoms with Gasteiger partial charge in [-0.05, 0) is 30.3 Å². The number of rotatable bonds is 4. The van der Waals surface area contributed by atoms with Gasteiger partial charge in [0.05, 0.1) is 23.0 Å². The first kappa shape index (κ1) is 14.4. The summed E-state index contributed by atoms with van der Waals surface area (Å²) in [5.74, 6) is 0.410. The molecule has 0 fully saturated rings. The number of benzene rings is 2. The van der Waals surface area contributed by atoms with E-state index >= 15 is 0 Å². The zero-order valence-electron chi connectivity index (χ0n) is 12.2. The molecule has 1 aromatic heterocycles. The molecule has 0 amide bonds. The maximum atomic E-state index is 8.81. The molecule has 0 bridgehead atoms. The highest BCUT2D eigenvalue weighted by Crippen LogP contribution is 2.15. The van der Waals surface area contributed by atoms with E-state index in [9.17, 15) is 0 Å². The Hall–Kier alpha value is -3.52.